The Bertz CT molecular complexity index is 2110. The Morgan fingerprint density at radius 1 is 0.846 bits per heavy atom. The third kappa shape index (κ3) is 6.76. The Kier molecular flexibility index (Phi) is 9.31. The number of amides is 2. The molecule has 2 atom stereocenters. The highest BCUT2D eigenvalue weighted by molar-refractivity contribution is 5.94. The maximum Gasteiger partial charge on any atom is 0.410 e. The number of ether oxygens (including phenoxy) is 1. The molecule has 0 spiro atoms. The third-order valence-electron chi connectivity index (χ3n) is 9.27. The van der Waals surface area contributed by atoms with Gasteiger partial charge in [0, 0.05) is 35.6 Å². The SMILES string of the molecule is Cc1cc(-c2nn(C(c3ccccc3)(c3ccccc3)c3ccccc3)c3cc(CC(=O)N[C@H]4CN(C(=O)OC(C)(C)C)C[C@@H]4F)ncc23)ccn1. The second-order valence-electron chi connectivity index (χ2n) is 14.2. The standard InChI is InChI=1S/C42H41FN6O3/c1-28-22-29(20-21-44-28)39-34-25-45-33(24-38(50)46-36-27-48(26-35(36)43)40(51)52-41(2,3)4)23-37(34)49(47-39)42(30-14-8-5-9-15-30,31-16-10-6-11-17-31)32-18-12-7-13-19-32/h5-23,25,35-36H,24,26-27H2,1-4H3,(H,46,50)/t35-,36-/m0/s1. The molecule has 0 bridgehead atoms. The number of rotatable bonds is 8. The van der Waals surface area contributed by atoms with Crippen molar-refractivity contribution in [2.24, 2.45) is 0 Å². The quantitative estimate of drug-likeness (QED) is 0.168. The average Bonchev–Trinajstić information content (AvgIpc) is 3.69. The van der Waals surface area contributed by atoms with E-state index in [0.717, 1.165) is 44.5 Å². The van der Waals surface area contributed by atoms with E-state index in [4.69, 9.17) is 14.8 Å². The molecule has 1 saturated heterocycles. The van der Waals surface area contributed by atoms with E-state index in [2.05, 4.69) is 46.7 Å². The monoisotopic (exact) mass is 696 g/mol. The Labute approximate surface area is 302 Å². The first kappa shape index (κ1) is 34.5. The first-order valence-corrected chi connectivity index (χ1v) is 17.4. The van der Waals surface area contributed by atoms with Gasteiger partial charge in [0.25, 0.3) is 0 Å². The lowest BCUT2D eigenvalue weighted by molar-refractivity contribution is -0.121. The molecule has 0 aliphatic carbocycles. The fourth-order valence-corrected chi connectivity index (χ4v) is 7.01. The lowest BCUT2D eigenvalue weighted by Crippen LogP contribution is -2.43. The molecule has 10 heteroatoms. The van der Waals surface area contributed by atoms with Crippen molar-refractivity contribution in [2.45, 2.75) is 57.5 Å². The molecule has 4 heterocycles. The molecule has 3 aromatic heterocycles. The van der Waals surface area contributed by atoms with Gasteiger partial charge >= 0.3 is 6.09 Å². The Hall–Kier alpha value is -5.90. The van der Waals surface area contributed by atoms with Gasteiger partial charge in [-0.15, -0.1) is 0 Å². The summed E-state index contributed by atoms with van der Waals surface area (Å²) in [4.78, 5) is 36.5. The third-order valence-corrected chi connectivity index (χ3v) is 9.27. The molecule has 0 unspecified atom stereocenters. The molecule has 1 N–H and O–H groups in total. The van der Waals surface area contributed by atoms with Crippen molar-refractivity contribution in [3.8, 4) is 11.3 Å². The van der Waals surface area contributed by atoms with Gasteiger partial charge in [-0.1, -0.05) is 91.0 Å². The van der Waals surface area contributed by atoms with E-state index in [-0.39, 0.29) is 19.5 Å². The number of alkyl halides is 1. The number of likely N-dealkylation sites (tertiary alicyclic amines) is 1. The lowest BCUT2D eigenvalue weighted by Gasteiger charge is -2.37. The van der Waals surface area contributed by atoms with Crippen molar-refractivity contribution in [1.29, 1.82) is 0 Å². The molecular formula is C42H41FN6O3. The smallest absolute Gasteiger partial charge is 0.410 e. The summed E-state index contributed by atoms with van der Waals surface area (Å²) >= 11 is 0. The molecule has 9 nitrogen and oxygen atoms in total. The van der Waals surface area contributed by atoms with Crippen LogP contribution in [0.5, 0.6) is 0 Å². The molecule has 1 aliphatic rings. The Morgan fingerprint density at radius 2 is 1.44 bits per heavy atom. The van der Waals surface area contributed by atoms with Crippen LogP contribution in [0, 0.1) is 6.92 Å². The van der Waals surface area contributed by atoms with Crippen molar-refractivity contribution in [1.82, 2.24) is 30.0 Å². The van der Waals surface area contributed by atoms with E-state index in [1.54, 1.807) is 33.2 Å². The number of halogens is 1. The fourth-order valence-electron chi connectivity index (χ4n) is 7.01. The molecule has 7 rings (SSSR count). The number of nitrogens with one attached hydrogen (secondary N) is 1. The van der Waals surface area contributed by atoms with E-state index >= 15 is 4.39 Å². The number of pyridine rings is 2. The number of nitrogens with zero attached hydrogens (tertiary/aromatic N) is 5. The van der Waals surface area contributed by atoms with Gasteiger partial charge in [0.2, 0.25) is 5.91 Å². The summed E-state index contributed by atoms with van der Waals surface area (Å²) in [7, 11) is 0. The Morgan fingerprint density at radius 3 is 2.00 bits per heavy atom. The van der Waals surface area contributed by atoms with Crippen molar-refractivity contribution in [2.75, 3.05) is 13.1 Å². The van der Waals surface area contributed by atoms with Gasteiger partial charge < -0.3 is 15.0 Å². The van der Waals surface area contributed by atoms with Crippen LogP contribution < -0.4 is 5.32 Å². The average molecular weight is 697 g/mol. The van der Waals surface area contributed by atoms with Crippen molar-refractivity contribution >= 4 is 22.9 Å². The van der Waals surface area contributed by atoms with Crippen molar-refractivity contribution in [3.05, 3.63) is 150 Å². The van der Waals surface area contributed by atoms with E-state index < -0.39 is 35.4 Å². The number of hydrogen-bond donors (Lipinski definition) is 1. The number of aryl methyl sites for hydroxylation is 1. The molecule has 2 amide bonds. The lowest BCUT2D eigenvalue weighted by atomic mass is 9.77. The summed E-state index contributed by atoms with van der Waals surface area (Å²) in [6.07, 6.45) is 1.39. The van der Waals surface area contributed by atoms with Crippen LogP contribution >= 0.6 is 0 Å². The second kappa shape index (κ2) is 14.0. The van der Waals surface area contributed by atoms with Gasteiger partial charge in [0.15, 0.2) is 0 Å². The number of carbonyl (C=O) groups is 2. The predicted molar refractivity (Wildman–Crippen MR) is 198 cm³/mol. The molecule has 3 aromatic carbocycles. The van der Waals surface area contributed by atoms with Crippen LogP contribution in [0.25, 0.3) is 22.2 Å². The van der Waals surface area contributed by atoms with Crippen LogP contribution in [0.2, 0.25) is 0 Å². The summed E-state index contributed by atoms with van der Waals surface area (Å²) in [5.41, 5.74) is 5.06. The predicted octanol–water partition coefficient (Wildman–Crippen LogP) is 7.26. The van der Waals surface area contributed by atoms with Gasteiger partial charge in [-0.25, -0.2) is 13.9 Å². The molecular weight excluding hydrogens is 655 g/mol. The van der Waals surface area contributed by atoms with Gasteiger partial charge in [-0.05, 0) is 62.6 Å². The summed E-state index contributed by atoms with van der Waals surface area (Å²) in [5.74, 6) is -0.401. The van der Waals surface area contributed by atoms with E-state index in [1.807, 2.05) is 84.4 Å². The number of aromatic nitrogens is 4. The van der Waals surface area contributed by atoms with Crippen LogP contribution in [0.3, 0.4) is 0 Å². The first-order valence-electron chi connectivity index (χ1n) is 17.4. The van der Waals surface area contributed by atoms with Crippen LogP contribution in [-0.2, 0) is 21.5 Å². The normalized spacial score (nSPS) is 16.2. The molecule has 0 saturated carbocycles. The maximum atomic E-state index is 15.1. The Balaban J connectivity index is 1.34. The minimum absolute atomic E-state index is 0.0174. The van der Waals surface area contributed by atoms with Crippen LogP contribution in [0.15, 0.2) is 122 Å². The van der Waals surface area contributed by atoms with Crippen molar-refractivity contribution < 1.29 is 18.7 Å². The minimum atomic E-state index is -1.43. The van der Waals surface area contributed by atoms with Gasteiger partial charge in [0.1, 0.15) is 23.0 Å². The topological polar surface area (TPSA) is 102 Å². The highest BCUT2D eigenvalue weighted by atomic mass is 19.1. The van der Waals surface area contributed by atoms with E-state index in [9.17, 15) is 9.59 Å². The number of benzene rings is 3. The highest BCUT2D eigenvalue weighted by Gasteiger charge is 2.42. The fraction of sp³-hybridized carbons (Fsp3) is 0.262. The summed E-state index contributed by atoms with van der Waals surface area (Å²) in [6.45, 7) is 7.08. The van der Waals surface area contributed by atoms with Gasteiger partial charge in [0.05, 0.1) is 30.2 Å². The zero-order chi connectivity index (χ0) is 36.5. The largest absolute Gasteiger partial charge is 0.444 e. The molecule has 6 aromatic rings. The van der Waals surface area contributed by atoms with Crippen molar-refractivity contribution in [3.63, 3.8) is 0 Å². The highest BCUT2D eigenvalue weighted by Crippen LogP contribution is 2.44. The number of fused-ring (bicyclic) bond motifs is 1. The number of carbonyl (C=O) groups excluding carboxylic acids is 2. The molecule has 1 aliphatic heterocycles. The summed E-state index contributed by atoms with van der Waals surface area (Å²) in [6, 6.07) is 35.7. The van der Waals surface area contributed by atoms with Crippen LogP contribution in [-0.4, -0.2) is 67.6 Å². The summed E-state index contributed by atoms with van der Waals surface area (Å²) < 4.78 is 22.6. The first-order chi connectivity index (χ1) is 25.0. The maximum absolute atomic E-state index is 15.1. The molecule has 264 valence electrons. The minimum Gasteiger partial charge on any atom is -0.444 e. The summed E-state index contributed by atoms with van der Waals surface area (Å²) in [5, 5.41) is 9.02. The molecule has 1 fully saturated rings. The van der Waals surface area contributed by atoms with Gasteiger partial charge in [-0.2, -0.15) is 5.10 Å². The molecule has 52 heavy (non-hydrogen) atoms. The van der Waals surface area contributed by atoms with E-state index in [1.165, 1.54) is 4.90 Å². The number of hydrogen-bond acceptors (Lipinski definition) is 6. The zero-order valence-electron chi connectivity index (χ0n) is 29.7. The van der Waals surface area contributed by atoms with Crippen LogP contribution in [0.1, 0.15) is 48.8 Å². The van der Waals surface area contributed by atoms with E-state index in [0.29, 0.717) is 5.69 Å². The van der Waals surface area contributed by atoms with Gasteiger partial charge in [-0.3, -0.25) is 14.8 Å². The second-order valence-corrected chi connectivity index (χ2v) is 14.2. The zero-order valence-corrected chi connectivity index (χ0v) is 29.7. The van der Waals surface area contributed by atoms with Crippen LogP contribution in [0.4, 0.5) is 9.18 Å². The molecule has 0 radical (unpaired) electrons.